The van der Waals surface area contributed by atoms with Gasteiger partial charge in [-0.1, -0.05) is 83.9 Å². The third-order valence-corrected chi connectivity index (χ3v) is 7.56. The van der Waals surface area contributed by atoms with Crippen molar-refractivity contribution in [3.05, 3.63) is 130 Å². The molecule has 178 valence electrons. The zero-order valence-corrected chi connectivity index (χ0v) is 20.9. The van der Waals surface area contributed by atoms with E-state index in [4.69, 9.17) is 11.6 Å². The van der Waals surface area contributed by atoms with Crippen molar-refractivity contribution in [3.63, 3.8) is 0 Å². The molecule has 0 spiro atoms. The van der Waals surface area contributed by atoms with E-state index in [0.29, 0.717) is 5.69 Å². The average molecular weight is 505 g/mol. The number of anilines is 1. The molecule has 4 rings (SSSR count). The summed E-state index contributed by atoms with van der Waals surface area (Å²) in [6, 6.07) is 28.2. The fourth-order valence-corrected chi connectivity index (χ4v) is 5.38. The van der Waals surface area contributed by atoms with Crippen LogP contribution in [0.25, 0.3) is 0 Å². The molecule has 0 fully saturated rings. The third-order valence-electron chi connectivity index (χ3n) is 5.69. The van der Waals surface area contributed by atoms with Gasteiger partial charge in [0.25, 0.3) is 15.9 Å². The van der Waals surface area contributed by atoms with Gasteiger partial charge < -0.3 is 5.32 Å². The van der Waals surface area contributed by atoms with E-state index in [9.17, 15) is 13.2 Å². The highest BCUT2D eigenvalue weighted by Gasteiger charge is 2.23. The number of halogens is 1. The number of nitrogens with one attached hydrogen (secondary N) is 2. The summed E-state index contributed by atoms with van der Waals surface area (Å²) in [4.78, 5) is 13.2. The fourth-order valence-electron chi connectivity index (χ4n) is 3.79. The molecule has 0 radical (unpaired) electrons. The summed E-state index contributed by atoms with van der Waals surface area (Å²) in [5.74, 6) is -0.412. The van der Waals surface area contributed by atoms with Crippen molar-refractivity contribution >= 4 is 33.2 Å². The molecule has 5 nitrogen and oxygen atoms in total. The first kappa shape index (κ1) is 24.5. The molecule has 35 heavy (non-hydrogen) atoms. The molecule has 7 heteroatoms. The lowest BCUT2D eigenvalue weighted by atomic mass is 9.94. The van der Waals surface area contributed by atoms with Gasteiger partial charge in [0.05, 0.1) is 11.1 Å². The predicted octanol–water partition coefficient (Wildman–Crippen LogP) is 6.28. The number of hydrogen-bond acceptors (Lipinski definition) is 3. The second-order valence-electron chi connectivity index (χ2n) is 8.29. The van der Waals surface area contributed by atoms with Crippen LogP contribution in [-0.2, 0) is 10.0 Å². The normalized spacial score (nSPS) is 12.1. The molecule has 0 saturated carbocycles. The Morgan fingerprint density at radius 3 is 2.17 bits per heavy atom. The van der Waals surface area contributed by atoms with Gasteiger partial charge in [-0.3, -0.25) is 9.52 Å². The topological polar surface area (TPSA) is 75.3 Å². The first-order valence-corrected chi connectivity index (χ1v) is 12.9. The zero-order chi connectivity index (χ0) is 25.0. The maximum atomic E-state index is 13.3. The van der Waals surface area contributed by atoms with Gasteiger partial charge >= 0.3 is 0 Å². The second kappa shape index (κ2) is 10.3. The van der Waals surface area contributed by atoms with E-state index in [2.05, 4.69) is 10.0 Å². The molecule has 4 aromatic carbocycles. The highest BCUT2D eigenvalue weighted by molar-refractivity contribution is 7.92. The minimum absolute atomic E-state index is 0.0275. The van der Waals surface area contributed by atoms with E-state index < -0.39 is 22.0 Å². The van der Waals surface area contributed by atoms with Crippen LogP contribution >= 0.6 is 11.6 Å². The summed E-state index contributed by atoms with van der Waals surface area (Å²) in [5, 5.41) is 3.09. The van der Waals surface area contributed by atoms with Gasteiger partial charge in [-0.2, -0.15) is 0 Å². The molecule has 0 heterocycles. The third kappa shape index (κ3) is 5.73. The molecule has 1 unspecified atom stereocenters. The smallest absolute Gasteiger partial charge is 0.263 e. The SMILES string of the molecule is Cc1ccc(NS(=O)(=O)c2cc(C(=O)NC(c3ccccc3)c3ccccc3C)ccc2Cl)cc1. The van der Waals surface area contributed by atoms with Crippen LogP contribution in [0.5, 0.6) is 0 Å². The maximum Gasteiger partial charge on any atom is 0.263 e. The van der Waals surface area contributed by atoms with E-state index in [1.54, 1.807) is 24.3 Å². The molecule has 0 aliphatic rings. The monoisotopic (exact) mass is 504 g/mol. The lowest BCUT2D eigenvalue weighted by Gasteiger charge is -2.22. The number of rotatable bonds is 7. The second-order valence-corrected chi connectivity index (χ2v) is 10.3. The van der Waals surface area contributed by atoms with E-state index >= 15 is 0 Å². The van der Waals surface area contributed by atoms with Crippen LogP contribution in [0.3, 0.4) is 0 Å². The van der Waals surface area contributed by atoms with Crippen LogP contribution in [0.2, 0.25) is 5.02 Å². The van der Waals surface area contributed by atoms with Gasteiger partial charge in [0.15, 0.2) is 0 Å². The molecule has 0 aromatic heterocycles. The predicted molar refractivity (Wildman–Crippen MR) is 140 cm³/mol. The summed E-state index contributed by atoms with van der Waals surface area (Å²) in [6.45, 7) is 3.90. The van der Waals surface area contributed by atoms with Crippen LogP contribution in [0, 0.1) is 13.8 Å². The number of sulfonamides is 1. The van der Waals surface area contributed by atoms with Crippen molar-refractivity contribution in [1.29, 1.82) is 0 Å². The minimum atomic E-state index is -4.01. The van der Waals surface area contributed by atoms with Crippen LogP contribution in [0.1, 0.15) is 38.7 Å². The molecular weight excluding hydrogens is 480 g/mol. The molecule has 0 aliphatic carbocycles. The summed E-state index contributed by atoms with van der Waals surface area (Å²) >= 11 is 6.24. The van der Waals surface area contributed by atoms with Crippen molar-refractivity contribution in [2.45, 2.75) is 24.8 Å². The Bertz CT molecular complexity index is 1450. The number of carbonyl (C=O) groups is 1. The van der Waals surface area contributed by atoms with E-state index in [0.717, 1.165) is 22.3 Å². The molecule has 1 amide bonds. The lowest BCUT2D eigenvalue weighted by molar-refractivity contribution is 0.0942. The molecule has 0 bridgehead atoms. The van der Waals surface area contributed by atoms with Gasteiger partial charge in [0.2, 0.25) is 0 Å². The number of hydrogen-bond donors (Lipinski definition) is 2. The van der Waals surface area contributed by atoms with E-state index in [-0.39, 0.29) is 15.5 Å². The number of benzene rings is 4. The Hall–Kier alpha value is -3.61. The number of carbonyl (C=O) groups excluding carboxylic acids is 1. The van der Waals surface area contributed by atoms with Gasteiger partial charge in [-0.15, -0.1) is 0 Å². The Morgan fingerprint density at radius 1 is 0.829 bits per heavy atom. The van der Waals surface area contributed by atoms with Crippen molar-refractivity contribution in [2.24, 2.45) is 0 Å². The van der Waals surface area contributed by atoms with E-state index in [1.807, 2.05) is 68.4 Å². The first-order chi connectivity index (χ1) is 16.7. The first-order valence-electron chi connectivity index (χ1n) is 11.0. The van der Waals surface area contributed by atoms with E-state index in [1.165, 1.54) is 18.2 Å². The van der Waals surface area contributed by atoms with Gasteiger partial charge in [0.1, 0.15) is 4.90 Å². The Morgan fingerprint density at radius 2 is 1.49 bits per heavy atom. The summed E-state index contributed by atoms with van der Waals surface area (Å²) in [5.41, 5.74) is 4.50. The van der Waals surface area contributed by atoms with Crippen LogP contribution in [0.15, 0.2) is 102 Å². The van der Waals surface area contributed by atoms with Gasteiger partial charge in [-0.05, 0) is 60.9 Å². The highest BCUT2D eigenvalue weighted by atomic mass is 35.5. The van der Waals surface area contributed by atoms with Gasteiger partial charge in [0, 0.05) is 11.3 Å². The molecule has 2 N–H and O–H groups in total. The highest BCUT2D eigenvalue weighted by Crippen LogP contribution is 2.28. The minimum Gasteiger partial charge on any atom is -0.341 e. The zero-order valence-electron chi connectivity index (χ0n) is 19.3. The standard InChI is InChI=1S/C28H25ClN2O3S/c1-19-12-15-23(16-13-19)31-35(33,34)26-18-22(14-17-25(26)29)28(32)30-27(21-9-4-3-5-10-21)24-11-7-6-8-20(24)2/h3-18,27,31H,1-2H3,(H,30,32). The van der Waals surface area contributed by atoms with Crippen molar-refractivity contribution in [2.75, 3.05) is 4.72 Å². The number of amides is 1. The molecule has 0 aliphatic heterocycles. The summed E-state index contributed by atoms with van der Waals surface area (Å²) in [6.07, 6.45) is 0. The quantitative estimate of drug-likeness (QED) is 0.311. The van der Waals surface area contributed by atoms with Crippen LogP contribution in [-0.4, -0.2) is 14.3 Å². The fraction of sp³-hybridized carbons (Fsp3) is 0.107. The Labute approximate surface area is 210 Å². The molecular formula is C28H25ClN2O3S. The van der Waals surface area contributed by atoms with Crippen molar-refractivity contribution in [1.82, 2.24) is 5.32 Å². The van der Waals surface area contributed by atoms with Crippen molar-refractivity contribution < 1.29 is 13.2 Å². The largest absolute Gasteiger partial charge is 0.341 e. The summed E-state index contributed by atoms with van der Waals surface area (Å²) < 4.78 is 28.7. The maximum absolute atomic E-state index is 13.3. The number of aryl methyl sites for hydroxylation is 2. The van der Waals surface area contributed by atoms with Crippen LogP contribution in [0.4, 0.5) is 5.69 Å². The Balaban J connectivity index is 1.66. The average Bonchev–Trinajstić information content (AvgIpc) is 2.85. The summed E-state index contributed by atoms with van der Waals surface area (Å²) in [7, 11) is -4.01. The molecule has 1 atom stereocenters. The molecule has 0 saturated heterocycles. The Kier molecular flexibility index (Phi) is 7.24. The van der Waals surface area contributed by atoms with Crippen LogP contribution < -0.4 is 10.0 Å². The van der Waals surface area contributed by atoms with Gasteiger partial charge in [-0.25, -0.2) is 8.42 Å². The van der Waals surface area contributed by atoms with Crippen molar-refractivity contribution in [3.8, 4) is 0 Å². The molecule has 4 aromatic rings. The lowest BCUT2D eigenvalue weighted by Crippen LogP contribution is -2.30.